The van der Waals surface area contributed by atoms with E-state index in [0.717, 1.165) is 25.9 Å². The highest BCUT2D eigenvalue weighted by molar-refractivity contribution is 5.30. The van der Waals surface area contributed by atoms with Gasteiger partial charge in [0.25, 0.3) is 0 Å². The van der Waals surface area contributed by atoms with Crippen LogP contribution in [0.5, 0.6) is 5.75 Å². The van der Waals surface area contributed by atoms with E-state index in [2.05, 4.69) is 5.32 Å². The van der Waals surface area contributed by atoms with Crippen LogP contribution in [0, 0.1) is 17.1 Å². The molecular weight excluding hydrogens is 219 g/mol. The van der Waals surface area contributed by atoms with E-state index < -0.39 is 0 Å². The SMILES string of the molecule is N#CCc1ccc(OC2CCNCC2)c(F)c1. The summed E-state index contributed by atoms with van der Waals surface area (Å²) in [7, 11) is 0. The number of ether oxygens (including phenoxy) is 1. The molecule has 0 radical (unpaired) electrons. The van der Waals surface area contributed by atoms with Crippen LogP contribution in [-0.2, 0) is 6.42 Å². The zero-order valence-corrected chi connectivity index (χ0v) is 9.58. The predicted octanol–water partition coefficient (Wildman–Crippen LogP) is 2.02. The molecule has 0 aromatic heterocycles. The molecule has 1 aliphatic rings. The van der Waals surface area contributed by atoms with Gasteiger partial charge in [-0.2, -0.15) is 5.26 Å². The van der Waals surface area contributed by atoms with Gasteiger partial charge in [-0.1, -0.05) is 6.07 Å². The van der Waals surface area contributed by atoms with Crippen molar-refractivity contribution in [3.05, 3.63) is 29.6 Å². The minimum Gasteiger partial charge on any atom is -0.487 e. The molecule has 0 amide bonds. The summed E-state index contributed by atoms with van der Waals surface area (Å²) in [4.78, 5) is 0. The third kappa shape index (κ3) is 3.18. The van der Waals surface area contributed by atoms with Gasteiger partial charge in [-0.3, -0.25) is 0 Å². The molecule has 2 rings (SSSR count). The van der Waals surface area contributed by atoms with E-state index in [1.165, 1.54) is 6.07 Å². The standard InChI is InChI=1S/C13H15FN2O/c14-12-9-10(3-6-15)1-2-13(12)17-11-4-7-16-8-5-11/h1-2,9,11,16H,3-5,7-8H2. The number of hydrogen-bond acceptors (Lipinski definition) is 3. The second kappa shape index (κ2) is 5.65. The van der Waals surface area contributed by atoms with Crippen LogP contribution in [-0.4, -0.2) is 19.2 Å². The Kier molecular flexibility index (Phi) is 3.94. The Balaban J connectivity index is 2.03. The third-order valence-corrected chi connectivity index (χ3v) is 2.86. The van der Waals surface area contributed by atoms with Crippen LogP contribution in [0.2, 0.25) is 0 Å². The lowest BCUT2D eigenvalue weighted by molar-refractivity contribution is 0.156. The zero-order chi connectivity index (χ0) is 12.1. The molecular formula is C13H15FN2O. The summed E-state index contributed by atoms with van der Waals surface area (Å²) in [5.41, 5.74) is 0.683. The molecule has 0 atom stereocenters. The summed E-state index contributed by atoms with van der Waals surface area (Å²) in [6.45, 7) is 1.83. The Morgan fingerprint density at radius 1 is 1.41 bits per heavy atom. The molecule has 1 aromatic carbocycles. The van der Waals surface area contributed by atoms with Crippen molar-refractivity contribution in [2.24, 2.45) is 0 Å². The van der Waals surface area contributed by atoms with Crippen LogP contribution >= 0.6 is 0 Å². The second-order valence-electron chi connectivity index (χ2n) is 4.17. The molecule has 0 aliphatic carbocycles. The number of nitrogens with one attached hydrogen (secondary N) is 1. The first-order valence-corrected chi connectivity index (χ1v) is 5.82. The van der Waals surface area contributed by atoms with Gasteiger partial charge in [-0.15, -0.1) is 0 Å². The van der Waals surface area contributed by atoms with Crippen LogP contribution in [0.15, 0.2) is 18.2 Å². The first kappa shape index (κ1) is 11.9. The van der Waals surface area contributed by atoms with Gasteiger partial charge in [0.1, 0.15) is 6.10 Å². The number of piperidine rings is 1. The maximum Gasteiger partial charge on any atom is 0.165 e. The van der Waals surface area contributed by atoms with Gasteiger partial charge in [0, 0.05) is 0 Å². The van der Waals surface area contributed by atoms with E-state index in [9.17, 15) is 4.39 Å². The van der Waals surface area contributed by atoms with Crippen LogP contribution in [0.4, 0.5) is 4.39 Å². The number of nitrogens with zero attached hydrogens (tertiary/aromatic N) is 1. The highest BCUT2D eigenvalue weighted by Crippen LogP contribution is 2.22. The van der Waals surface area contributed by atoms with Crippen molar-refractivity contribution in [1.82, 2.24) is 5.32 Å². The molecule has 1 heterocycles. The number of rotatable bonds is 3. The molecule has 1 aromatic rings. The topological polar surface area (TPSA) is 45.0 Å². The van der Waals surface area contributed by atoms with E-state index in [1.807, 2.05) is 6.07 Å². The molecule has 0 bridgehead atoms. The van der Waals surface area contributed by atoms with Crippen molar-refractivity contribution in [2.75, 3.05) is 13.1 Å². The maximum atomic E-state index is 13.7. The first-order chi connectivity index (χ1) is 8.29. The van der Waals surface area contributed by atoms with Crippen molar-refractivity contribution < 1.29 is 9.13 Å². The average Bonchev–Trinajstić information content (AvgIpc) is 2.34. The fourth-order valence-corrected chi connectivity index (χ4v) is 1.93. The smallest absolute Gasteiger partial charge is 0.165 e. The monoisotopic (exact) mass is 234 g/mol. The van der Waals surface area contributed by atoms with Crippen LogP contribution < -0.4 is 10.1 Å². The minimum atomic E-state index is -0.378. The Hall–Kier alpha value is -1.60. The summed E-state index contributed by atoms with van der Waals surface area (Å²) in [5.74, 6) is -0.0881. The summed E-state index contributed by atoms with van der Waals surface area (Å²) >= 11 is 0. The lowest BCUT2D eigenvalue weighted by Crippen LogP contribution is -2.34. The molecule has 1 N–H and O–H groups in total. The van der Waals surface area contributed by atoms with E-state index in [0.29, 0.717) is 11.3 Å². The van der Waals surface area contributed by atoms with Crippen LogP contribution in [0.25, 0.3) is 0 Å². The molecule has 0 spiro atoms. The number of hydrogen-bond donors (Lipinski definition) is 1. The Morgan fingerprint density at radius 2 is 2.18 bits per heavy atom. The number of nitriles is 1. The van der Waals surface area contributed by atoms with Crippen molar-refractivity contribution in [2.45, 2.75) is 25.4 Å². The first-order valence-electron chi connectivity index (χ1n) is 5.82. The molecule has 0 unspecified atom stereocenters. The van der Waals surface area contributed by atoms with Gasteiger partial charge in [0.05, 0.1) is 12.5 Å². The Morgan fingerprint density at radius 3 is 2.82 bits per heavy atom. The van der Waals surface area contributed by atoms with Gasteiger partial charge in [0.15, 0.2) is 11.6 Å². The Bertz CT molecular complexity index is 422. The summed E-state index contributed by atoms with van der Waals surface area (Å²) in [5, 5.41) is 11.8. The highest BCUT2D eigenvalue weighted by atomic mass is 19.1. The summed E-state index contributed by atoms with van der Waals surface area (Å²) in [6.07, 6.45) is 2.12. The van der Waals surface area contributed by atoms with E-state index in [-0.39, 0.29) is 18.3 Å². The predicted molar refractivity (Wildman–Crippen MR) is 62.2 cm³/mol. The van der Waals surface area contributed by atoms with Crippen LogP contribution in [0.3, 0.4) is 0 Å². The summed E-state index contributed by atoms with van der Waals surface area (Å²) < 4.78 is 19.3. The lowest BCUT2D eigenvalue weighted by atomic mass is 10.1. The molecule has 1 saturated heterocycles. The van der Waals surface area contributed by atoms with E-state index in [4.69, 9.17) is 10.00 Å². The van der Waals surface area contributed by atoms with Crippen molar-refractivity contribution in [3.63, 3.8) is 0 Å². The normalized spacial score (nSPS) is 16.5. The van der Waals surface area contributed by atoms with Crippen molar-refractivity contribution in [1.29, 1.82) is 5.26 Å². The van der Waals surface area contributed by atoms with Crippen LogP contribution in [0.1, 0.15) is 18.4 Å². The van der Waals surface area contributed by atoms with E-state index >= 15 is 0 Å². The van der Waals surface area contributed by atoms with Gasteiger partial charge in [0.2, 0.25) is 0 Å². The lowest BCUT2D eigenvalue weighted by Gasteiger charge is -2.24. The molecule has 17 heavy (non-hydrogen) atoms. The molecule has 0 saturated carbocycles. The van der Waals surface area contributed by atoms with Gasteiger partial charge in [-0.05, 0) is 43.6 Å². The quantitative estimate of drug-likeness (QED) is 0.870. The minimum absolute atomic E-state index is 0.0903. The largest absolute Gasteiger partial charge is 0.487 e. The molecule has 3 nitrogen and oxygen atoms in total. The van der Waals surface area contributed by atoms with Gasteiger partial charge >= 0.3 is 0 Å². The molecule has 90 valence electrons. The number of benzene rings is 1. The Labute approximate surface area is 100 Å². The maximum absolute atomic E-state index is 13.7. The molecule has 1 fully saturated rings. The average molecular weight is 234 g/mol. The van der Waals surface area contributed by atoms with Gasteiger partial charge < -0.3 is 10.1 Å². The fourth-order valence-electron chi connectivity index (χ4n) is 1.93. The number of halogens is 1. The van der Waals surface area contributed by atoms with E-state index in [1.54, 1.807) is 12.1 Å². The zero-order valence-electron chi connectivity index (χ0n) is 9.58. The fraction of sp³-hybridized carbons (Fsp3) is 0.462. The van der Waals surface area contributed by atoms with Crippen molar-refractivity contribution >= 4 is 0 Å². The van der Waals surface area contributed by atoms with Crippen molar-refractivity contribution in [3.8, 4) is 11.8 Å². The third-order valence-electron chi connectivity index (χ3n) is 2.86. The molecule has 4 heteroatoms. The summed E-state index contributed by atoms with van der Waals surface area (Å²) in [6, 6.07) is 6.72. The highest BCUT2D eigenvalue weighted by Gasteiger charge is 2.16. The van der Waals surface area contributed by atoms with Gasteiger partial charge in [-0.25, -0.2) is 4.39 Å². The second-order valence-corrected chi connectivity index (χ2v) is 4.17. The molecule has 1 aliphatic heterocycles.